The predicted molar refractivity (Wildman–Crippen MR) is 70.0 cm³/mol. The van der Waals surface area contributed by atoms with Gasteiger partial charge in [-0.2, -0.15) is 0 Å². The second-order valence-corrected chi connectivity index (χ2v) is 3.73. The van der Waals surface area contributed by atoms with Crippen molar-refractivity contribution in [1.29, 1.82) is 0 Å². The molecule has 2 rings (SSSR count). The fourth-order valence-electron chi connectivity index (χ4n) is 1.55. The topological polar surface area (TPSA) is 29.4 Å². The average molecular weight is 223 g/mol. The molecule has 2 aromatic rings. The van der Waals surface area contributed by atoms with Crippen LogP contribution < -0.4 is 0 Å². The lowest BCUT2D eigenvalue weighted by atomic mass is 10.1. The lowest BCUT2D eigenvalue weighted by Crippen LogP contribution is -2.09. The highest BCUT2D eigenvalue weighted by Crippen LogP contribution is 2.11. The second-order valence-electron chi connectivity index (χ2n) is 3.73. The number of para-hydroxylation sites is 1. The summed E-state index contributed by atoms with van der Waals surface area (Å²) in [5.41, 5.74) is 1.97. The van der Waals surface area contributed by atoms with E-state index in [-0.39, 0.29) is 5.78 Å². The van der Waals surface area contributed by atoms with Crippen molar-refractivity contribution < 1.29 is 4.79 Å². The number of carbonyl (C=O) groups is 1. The van der Waals surface area contributed by atoms with Crippen LogP contribution in [0.1, 0.15) is 17.3 Å². The standard InChI is InChI=1S/C15H13NO/c1-12(16-14-10-6-3-7-11-14)15(17)13-8-4-2-5-9-13/h2-11H,1H3. The molecule has 0 N–H and O–H groups in total. The maximum atomic E-state index is 12.0. The number of carbonyl (C=O) groups excluding carboxylic acids is 1. The van der Waals surface area contributed by atoms with Gasteiger partial charge in [-0.05, 0) is 19.1 Å². The van der Waals surface area contributed by atoms with Gasteiger partial charge in [-0.3, -0.25) is 4.79 Å². The van der Waals surface area contributed by atoms with E-state index in [9.17, 15) is 4.79 Å². The lowest BCUT2D eigenvalue weighted by Gasteiger charge is -2.00. The van der Waals surface area contributed by atoms with Gasteiger partial charge in [-0.15, -0.1) is 0 Å². The van der Waals surface area contributed by atoms with E-state index in [0.29, 0.717) is 11.3 Å². The quantitative estimate of drug-likeness (QED) is 0.576. The van der Waals surface area contributed by atoms with Crippen LogP contribution in [-0.2, 0) is 0 Å². The minimum Gasteiger partial charge on any atom is -0.287 e. The highest BCUT2D eigenvalue weighted by molar-refractivity contribution is 6.45. The summed E-state index contributed by atoms with van der Waals surface area (Å²) in [5.74, 6) is -0.0329. The first-order valence-corrected chi connectivity index (χ1v) is 5.47. The minimum atomic E-state index is -0.0329. The number of rotatable bonds is 3. The van der Waals surface area contributed by atoms with Crippen molar-refractivity contribution in [3.63, 3.8) is 0 Å². The van der Waals surface area contributed by atoms with Crippen molar-refractivity contribution in [2.24, 2.45) is 4.99 Å². The van der Waals surface area contributed by atoms with Crippen molar-refractivity contribution in [3.8, 4) is 0 Å². The summed E-state index contributed by atoms with van der Waals surface area (Å²) in [5, 5.41) is 0. The van der Waals surface area contributed by atoms with E-state index in [4.69, 9.17) is 0 Å². The van der Waals surface area contributed by atoms with E-state index in [0.717, 1.165) is 5.69 Å². The smallest absolute Gasteiger partial charge is 0.206 e. The normalized spacial score (nSPS) is 11.2. The monoisotopic (exact) mass is 223 g/mol. The Kier molecular flexibility index (Phi) is 3.46. The molecule has 84 valence electrons. The summed E-state index contributed by atoms with van der Waals surface area (Å²) < 4.78 is 0. The van der Waals surface area contributed by atoms with Crippen molar-refractivity contribution >= 4 is 17.2 Å². The maximum Gasteiger partial charge on any atom is 0.206 e. The van der Waals surface area contributed by atoms with Gasteiger partial charge in [0.2, 0.25) is 5.78 Å². The van der Waals surface area contributed by atoms with E-state index in [1.165, 1.54) is 0 Å². The zero-order valence-electron chi connectivity index (χ0n) is 9.63. The number of ketones is 1. The average Bonchev–Trinajstić information content (AvgIpc) is 2.40. The van der Waals surface area contributed by atoms with Gasteiger partial charge < -0.3 is 0 Å². The maximum absolute atomic E-state index is 12.0. The molecular formula is C15H13NO. The molecular weight excluding hydrogens is 210 g/mol. The fraction of sp³-hybridized carbons (Fsp3) is 0.0667. The van der Waals surface area contributed by atoms with E-state index in [1.54, 1.807) is 19.1 Å². The molecule has 2 nitrogen and oxygen atoms in total. The molecule has 2 aromatic carbocycles. The Bertz CT molecular complexity index is 529. The predicted octanol–water partition coefficient (Wildman–Crippen LogP) is 3.66. The molecule has 0 atom stereocenters. The summed E-state index contributed by atoms with van der Waals surface area (Å²) in [6.07, 6.45) is 0. The molecule has 0 aliphatic heterocycles. The molecule has 0 aliphatic carbocycles. The molecule has 0 aliphatic rings. The first-order chi connectivity index (χ1) is 8.27. The Labute approximate surface area is 101 Å². The van der Waals surface area contributed by atoms with Gasteiger partial charge in [0.15, 0.2) is 0 Å². The molecule has 0 bridgehead atoms. The Hall–Kier alpha value is -2.22. The number of aliphatic imine (C=N–C) groups is 1. The van der Waals surface area contributed by atoms with E-state index < -0.39 is 0 Å². The number of nitrogens with zero attached hydrogens (tertiary/aromatic N) is 1. The highest BCUT2D eigenvalue weighted by Gasteiger charge is 2.08. The van der Waals surface area contributed by atoms with Crippen LogP contribution in [0.5, 0.6) is 0 Å². The molecule has 17 heavy (non-hydrogen) atoms. The van der Waals surface area contributed by atoms with Crippen LogP contribution >= 0.6 is 0 Å². The molecule has 0 fully saturated rings. The Morgan fingerprint density at radius 2 is 1.41 bits per heavy atom. The summed E-state index contributed by atoms with van der Waals surface area (Å²) >= 11 is 0. The Morgan fingerprint density at radius 3 is 2.00 bits per heavy atom. The van der Waals surface area contributed by atoms with Crippen LogP contribution in [0, 0.1) is 0 Å². The number of hydrogen-bond acceptors (Lipinski definition) is 2. The summed E-state index contributed by atoms with van der Waals surface area (Å²) in [6.45, 7) is 1.74. The van der Waals surface area contributed by atoms with Crippen molar-refractivity contribution in [3.05, 3.63) is 66.2 Å². The third kappa shape index (κ3) is 2.88. The van der Waals surface area contributed by atoms with Crippen LogP contribution in [0.25, 0.3) is 0 Å². The van der Waals surface area contributed by atoms with Gasteiger partial charge in [0, 0.05) is 5.56 Å². The lowest BCUT2D eigenvalue weighted by molar-refractivity contribution is 0.106. The van der Waals surface area contributed by atoms with Crippen LogP contribution in [0.2, 0.25) is 0 Å². The summed E-state index contributed by atoms with van der Waals surface area (Å²) in [7, 11) is 0. The van der Waals surface area contributed by atoms with Gasteiger partial charge in [0.25, 0.3) is 0 Å². The molecule has 0 spiro atoms. The van der Waals surface area contributed by atoms with Crippen LogP contribution in [0.15, 0.2) is 65.7 Å². The third-order valence-electron chi connectivity index (χ3n) is 2.42. The van der Waals surface area contributed by atoms with Crippen LogP contribution in [0.4, 0.5) is 5.69 Å². The fourth-order valence-corrected chi connectivity index (χ4v) is 1.55. The molecule has 0 unspecified atom stereocenters. The second kappa shape index (κ2) is 5.21. The first kappa shape index (κ1) is 11.3. The largest absolute Gasteiger partial charge is 0.287 e. The molecule has 0 heterocycles. The molecule has 0 aromatic heterocycles. The van der Waals surface area contributed by atoms with Gasteiger partial charge >= 0.3 is 0 Å². The summed E-state index contributed by atoms with van der Waals surface area (Å²) in [6, 6.07) is 18.7. The van der Waals surface area contributed by atoms with Crippen molar-refractivity contribution in [2.45, 2.75) is 6.92 Å². The molecule has 0 radical (unpaired) electrons. The molecule has 0 saturated carbocycles. The number of Topliss-reactive ketones (excluding diaryl/α,β-unsaturated/α-hetero) is 1. The van der Waals surface area contributed by atoms with Gasteiger partial charge in [-0.1, -0.05) is 48.5 Å². The van der Waals surface area contributed by atoms with Crippen molar-refractivity contribution in [1.82, 2.24) is 0 Å². The van der Waals surface area contributed by atoms with E-state index in [2.05, 4.69) is 4.99 Å². The van der Waals surface area contributed by atoms with Gasteiger partial charge in [0.05, 0.1) is 11.4 Å². The number of benzene rings is 2. The Morgan fingerprint density at radius 1 is 0.882 bits per heavy atom. The van der Waals surface area contributed by atoms with Gasteiger partial charge in [0.1, 0.15) is 0 Å². The first-order valence-electron chi connectivity index (χ1n) is 5.47. The summed E-state index contributed by atoms with van der Waals surface area (Å²) in [4.78, 5) is 16.3. The molecule has 2 heteroatoms. The third-order valence-corrected chi connectivity index (χ3v) is 2.42. The highest BCUT2D eigenvalue weighted by atomic mass is 16.1. The molecule has 0 amide bonds. The Balaban J connectivity index is 2.24. The SMILES string of the molecule is CC(=Nc1ccccc1)C(=O)c1ccccc1. The zero-order valence-corrected chi connectivity index (χ0v) is 9.63. The minimum absolute atomic E-state index is 0.0329. The van der Waals surface area contributed by atoms with E-state index >= 15 is 0 Å². The van der Waals surface area contributed by atoms with Crippen LogP contribution in [0.3, 0.4) is 0 Å². The molecule has 0 saturated heterocycles. The van der Waals surface area contributed by atoms with Crippen molar-refractivity contribution in [2.75, 3.05) is 0 Å². The number of hydrogen-bond donors (Lipinski definition) is 0. The van der Waals surface area contributed by atoms with E-state index in [1.807, 2.05) is 48.5 Å². The zero-order chi connectivity index (χ0) is 12.1. The van der Waals surface area contributed by atoms with Crippen LogP contribution in [-0.4, -0.2) is 11.5 Å². The van der Waals surface area contributed by atoms with Gasteiger partial charge in [-0.25, -0.2) is 4.99 Å².